The van der Waals surface area contributed by atoms with Gasteiger partial charge < -0.3 is 19.1 Å². The van der Waals surface area contributed by atoms with Gasteiger partial charge in [-0.2, -0.15) is 0 Å². The largest absolute Gasteiger partial charge is 0.493 e. The van der Waals surface area contributed by atoms with Gasteiger partial charge in [-0.25, -0.2) is 4.98 Å². The molecule has 0 atom stereocenters. The molecule has 1 amide bonds. The van der Waals surface area contributed by atoms with Crippen LogP contribution in [0.3, 0.4) is 0 Å². The van der Waals surface area contributed by atoms with Crippen LogP contribution < -0.4 is 14.2 Å². The molecule has 3 aromatic rings. The van der Waals surface area contributed by atoms with E-state index in [-0.39, 0.29) is 5.91 Å². The maximum absolute atomic E-state index is 12.8. The molecule has 152 valence electrons. The smallest absolute Gasteiger partial charge is 0.253 e. The van der Waals surface area contributed by atoms with Gasteiger partial charge in [0, 0.05) is 30.1 Å². The Labute approximate surface area is 174 Å². The molecule has 6 nitrogen and oxygen atoms in total. The van der Waals surface area contributed by atoms with E-state index in [0.29, 0.717) is 36.0 Å². The number of benzene rings is 2. The van der Waals surface area contributed by atoms with E-state index in [9.17, 15) is 4.79 Å². The molecule has 2 aromatic carbocycles. The quantitative estimate of drug-likeness (QED) is 0.551. The zero-order valence-electron chi connectivity index (χ0n) is 17.0. The summed E-state index contributed by atoms with van der Waals surface area (Å²) >= 11 is 1.60. The molecule has 0 radical (unpaired) electrons. The molecule has 0 saturated carbocycles. The molecule has 3 rings (SSSR count). The van der Waals surface area contributed by atoms with Crippen LogP contribution in [0.15, 0.2) is 47.8 Å². The van der Waals surface area contributed by atoms with Gasteiger partial charge in [0.05, 0.1) is 24.9 Å². The van der Waals surface area contributed by atoms with Gasteiger partial charge in [-0.1, -0.05) is 12.1 Å². The molecule has 0 N–H and O–H groups in total. The van der Waals surface area contributed by atoms with Crippen LogP contribution in [0.4, 0.5) is 0 Å². The van der Waals surface area contributed by atoms with Crippen LogP contribution in [-0.2, 0) is 13.2 Å². The molecule has 0 spiro atoms. The maximum atomic E-state index is 12.8. The Morgan fingerprint density at radius 2 is 1.86 bits per heavy atom. The van der Waals surface area contributed by atoms with Gasteiger partial charge in [0.1, 0.15) is 12.4 Å². The number of para-hydroxylation sites is 1. The lowest BCUT2D eigenvalue weighted by molar-refractivity contribution is 0.0784. The van der Waals surface area contributed by atoms with Gasteiger partial charge in [-0.3, -0.25) is 4.79 Å². The Bertz CT molecular complexity index is 969. The number of hydrogen-bond acceptors (Lipinski definition) is 6. The minimum absolute atomic E-state index is 0.0865. The summed E-state index contributed by atoms with van der Waals surface area (Å²) in [7, 11) is 4.95. The van der Waals surface area contributed by atoms with E-state index in [1.165, 1.54) is 0 Å². The van der Waals surface area contributed by atoms with Crippen LogP contribution >= 0.6 is 11.3 Å². The maximum Gasteiger partial charge on any atom is 0.253 e. The number of aromatic nitrogens is 1. The lowest BCUT2D eigenvalue weighted by Crippen LogP contribution is -2.26. The Balaban J connectivity index is 1.64. The Morgan fingerprint density at radius 3 is 2.48 bits per heavy atom. The van der Waals surface area contributed by atoms with E-state index in [1.54, 1.807) is 61.8 Å². The monoisotopic (exact) mass is 412 g/mol. The van der Waals surface area contributed by atoms with E-state index < -0.39 is 0 Å². The molecule has 29 heavy (non-hydrogen) atoms. The van der Waals surface area contributed by atoms with Crippen molar-refractivity contribution in [3.05, 3.63) is 69.7 Å². The average molecular weight is 413 g/mol. The standard InChI is InChI=1S/C22H24N2O4S/c1-15-23-18(14-29-15)13-28-19-10-8-16(9-11-19)22(25)24(2)12-17-6-5-7-20(26-3)21(17)27-4/h5-11,14H,12-13H2,1-4H3. The predicted octanol–water partition coefficient (Wildman–Crippen LogP) is 4.32. The fourth-order valence-corrected chi connectivity index (χ4v) is 3.55. The van der Waals surface area contributed by atoms with Gasteiger partial charge in [0.25, 0.3) is 5.91 Å². The molecule has 0 fully saturated rings. The summed E-state index contributed by atoms with van der Waals surface area (Å²) in [4.78, 5) is 18.8. The van der Waals surface area contributed by atoms with Crippen molar-refractivity contribution in [1.29, 1.82) is 0 Å². The van der Waals surface area contributed by atoms with Crippen molar-refractivity contribution in [3.63, 3.8) is 0 Å². The topological polar surface area (TPSA) is 60.9 Å². The van der Waals surface area contributed by atoms with Crippen molar-refractivity contribution in [2.45, 2.75) is 20.1 Å². The molecule has 1 heterocycles. The molecular formula is C22H24N2O4S. The van der Waals surface area contributed by atoms with Crippen molar-refractivity contribution in [1.82, 2.24) is 9.88 Å². The highest BCUT2D eigenvalue weighted by Crippen LogP contribution is 2.31. The first-order chi connectivity index (χ1) is 14.0. The van der Waals surface area contributed by atoms with Crippen LogP contribution in [0.1, 0.15) is 26.6 Å². The molecular weight excluding hydrogens is 388 g/mol. The first-order valence-electron chi connectivity index (χ1n) is 9.11. The summed E-state index contributed by atoms with van der Waals surface area (Å²) < 4.78 is 16.5. The summed E-state index contributed by atoms with van der Waals surface area (Å²) in [5.74, 6) is 1.89. The second kappa shape index (κ2) is 9.43. The molecule has 1 aromatic heterocycles. The Hall–Kier alpha value is -3.06. The number of carbonyl (C=O) groups is 1. The zero-order valence-corrected chi connectivity index (χ0v) is 17.8. The number of amides is 1. The third-order valence-corrected chi connectivity index (χ3v) is 5.22. The molecule has 7 heteroatoms. The van der Waals surface area contributed by atoms with E-state index in [1.807, 2.05) is 30.5 Å². The van der Waals surface area contributed by atoms with Crippen molar-refractivity contribution in [2.75, 3.05) is 21.3 Å². The number of carbonyl (C=O) groups excluding carboxylic acids is 1. The highest BCUT2D eigenvalue weighted by Gasteiger charge is 2.16. The molecule has 0 unspecified atom stereocenters. The van der Waals surface area contributed by atoms with Crippen LogP contribution in [-0.4, -0.2) is 37.1 Å². The number of hydrogen-bond donors (Lipinski definition) is 0. The number of thiazole rings is 1. The van der Waals surface area contributed by atoms with Gasteiger partial charge in [-0.05, 0) is 37.3 Å². The van der Waals surface area contributed by atoms with E-state index >= 15 is 0 Å². The van der Waals surface area contributed by atoms with Crippen LogP contribution in [0.5, 0.6) is 17.2 Å². The van der Waals surface area contributed by atoms with Crippen molar-refractivity contribution >= 4 is 17.2 Å². The molecule has 0 aliphatic heterocycles. The first-order valence-corrected chi connectivity index (χ1v) is 9.99. The van der Waals surface area contributed by atoms with Crippen molar-refractivity contribution < 1.29 is 19.0 Å². The summed E-state index contributed by atoms with van der Waals surface area (Å²) in [6, 6.07) is 12.8. The van der Waals surface area contributed by atoms with Crippen LogP contribution in [0.25, 0.3) is 0 Å². The van der Waals surface area contributed by atoms with E-state index in [2.05, 4.69) is 4.98 Å². The van der Waals surface area contributed by atoms with E-state index in [4.69, 9.17) is 14.2 Å². The fourth-order valence-electron chi connectivity index (χ4n) is 2.95. The van der Waals surface area contributed by atoms with Crippen LogP contribution in [0.2, 0.25) is 0 Å². The molecule has 0 aliphatic carbocycles. The fraction of sp³-hybridized carbons (Fsp3) is 0.273. The number of rotatable bonds is 8. The van der Waals surface area contributed by atoms with Gasteiger partial charge in [-0.15, -0.1) is 11.3 Å². The van der Waals surface area contributed by atoms with Crippen molar-refractivity contribution in [2.24, 2.45) is 0 Å². The lowest BCUT2D eigenvalue weighted by Gasteiger charge is -2.20. The minimum Gasteiger partial charge on any atom is -0.493 e. The Kier molecular flexibility index (Phi) is 6.72. The number of aryl methyl sites for hydroxylation is 1. The zero-order chi connectivity index (χ0) is 20.8. The van der Waals surface area contributed by atoms with Crippen LogP contribution in [0, 0.1) is 6.92 Å². The summed E-state index contributed by atoms with van der Waals surface area (Å²) in [5.41, 5.74) is 2.37. The Morgan fingerprint density at radius 1 is 1.10 bits per heavy atom. The average Bonchev–Trinajstić information content (AvgIpc) is 3.17. The summed E-state index contributed by atoms with van der Waals surface area (Å²) in [5, 5.41) is 3.00. The number of methoxy groups -OCH3 is 2. The SMILES string of the molecule is COc1cccc(CN(C)C(=O)c2ccc(OCc3csc(C)n3)cc2)c1OC. The predicted molar refractivity (Wildman–Crippen MR) is 113 cm³/mol. The summed E-state index contributed by atoms with van der Waals surface area (Å²) in [6.45, 7) is 2.78. The van der Waals surface area contributed by atoms with E-state index in [0.717, 1.165) is 16.3 Å². The second-order valence-corrected chi connectivity index (χ2v) is 7.55. The van der Waals surface area contributed by atoms with Crippen molar-refractivity contribution in [3.8, 4) is 17.2 Å². The molecule has 0 aliphatic rings. The highest BCUT2D eigenvalue weighted by atomic mass is 32.1. The normalized spacial score (nSPS) is 10.5. The third-order valence-electron chi connectivity index (χ3n) is 4.39. The third kappa shape index (κ3) is 5.06. The molecule has 0 bridgehead atoms. The highest BCUT2D eigenvalue weighted by molar-refractivity contribution is 7.09. The lowest BCUT2D eigenvalue weighted by atomic mass is 10.1. The second-order valence-electron chi connectivity index (χ2n) is 6.48. The van der Waals surface area contributed by atoms with Gasteiger partial charge in [0.15, 0.2) is 11.5 Å². The number of nitrogens with zero attached hydrogens (tertiary/aromatic N) is 2. The van der Waals surface area contributed by atoms with Gasteiger partial charge in [0.2, 0.25) is 0 Å². The summed E-state index contributed by atoms with van der Waals surface area (Å²) in [6.07, 6.45) is 0. The minimum atomic E-state index is -0.0865. The molecule has 0 saturated heterocycles. The number of ether oxygens (including phenoxy) is 3. The first kappa shape index (κ1) is 20.7. The van der Waals surface area contributed by atoms with Gasteiger partial charge >= 0.3 is 0 Å².